The van der Waals surface area contributed by atoms with Gasteiger partial charge in [0.2, 0.25) is 0 Å². The highest BCUT2D eigenvalue weighted by atomic mass is 14.6. The highest BCUT2D eigenvalue weighted by molar-refractivity contribution is 5.12. The van der Waals surface area contributed by atoms with Crippen LogP contribution in [0.2, 0.25) is 0 Å². The van der Waals surface area contributed by atoms with E-state index in [1.165, 1.54) is 250 Å². The van der Waals surface area contributed by atoms with Gasteiger partial charge in [0.05, 0.1) is 0 Å². The van der Waals surface area contributed by atoms with Crippen LogP contribution < -0.4 is 11.5 Å². The van der Waals surface area contributed by atoms with E-state index in [1.54, 1.807) is 0 Å². The van der Waals surface area contributed by atoms with Crippen LogP contribution in [0.15, 0.2) is 11.3 Å². The maximum Gasteiger partial charge on any atom is 0.0156 e. The van der Waals surface area contributed by atoms with Crippen molar-refractivity contribution >= 4 is 0 Å². The van der Waals surface area contributed by atoms with E-state index in [-0.39, 0.29) is 0 Å². The van der Waals surface area contributed by atoms with Crippen LogP contribution in [0.1, 0.15) is 271 Å². The quantitative estimate of drug-likeness (QED) is 0.0641. The van der Waals surface area contributed by atoms with E-state index in [4.69, 9.17) is 11.5 Å². The number of rotatable bonds is 41. The SMILES string of the molecule is CCCCCCCCCCCCCCCCCCCCCCC(CN)=C(N)CCCCCCCCCCCCCCCCCCCC. The zero-order valence-corrected chi connectivity index (χ0v) is 33.1. The fraction of sp³-hybridized carbons (Fsp3) is 0.956. The molecule has 0 atom stereocenters. The minimum Gasteiger partial charge on any atom is -0.402 e. The highest BCUT2D eigenvalue weighted by Gasteiger charge is 2.03. The van der Waals surface area contributed by atoms with Gasteiger partial charge >= 0.3 is 0 Å². The Balaban J connectivity index is 3.41. The van der Waals surface area contributed by atoms with E-state index >= 15 is 0 Å². The molecule has 282 valence electrons. The largest absolute Gasteiger partial charge is 0.402 e. The molecule has 0 aromatic rings. The van der Waals surface area contributed by atoms with Crippen LogP contribution >= 0.6 is 0 Å². The summed E-state index contributed by atoms with van der Waals surface area (Å²) in [6.45, 7) is 5.27. The number of allylic oxidation sites excluding steroid dienone is 1. The molecule has 2 heteroatoms. The lowest BCUT2D eigenvalue weighted by Crippen LogP contribution is -2.11. The molecule has 0 bridgehead atoms. The Bertz CT molecular complexity index is 597. The molecule has 0 aromatic heterocycles. The van der Waals surface area contributed by atoms with Crippen molar-refractivity contribution in [3.05, 3.63) is 11.3 Å². The van der Waals surface area contributed by atoms with E-state index in [9.17, 15) is 0 Å². The Hall–Kier alpha value is -0.500. The predicted molar refractivity (Wildman–Crippen MR) is 216 cm³/mol. The topological polar surface area (TPSA) is 52.0 Å². The van der Waals surface area contributed by atoms with Crippen molar-refractivity contribution in [3.8, 4) is 0 Å². The first-order chi connectivity index (χ1) is 23.3. The number of nitrogens with two attached hydrogens (primary N) is 2. The van der Waals surface area contributed by atoms with Gasteiger partial charge in [0.15, 0.2) is 0 Å². The van der Waals surface area contributed by atoms with E-state index in [2.05, 4.69) is 13.8 Å². The lowest BCUT2D eigenvalue weighted by atomic mass is 10.00. The Kier molecular flexibility index (Phi) is 41.2. The molecule has 0 saturated heterocycles. The Morgan fingerprint density at radius 3 is 0.681 bits per heavy atom. The summed E-state index contributed by atoms with van der Waals surface area (Å²) in [5.41, 5.74) is 15.0. The fourth-order valence-corrected chi connectivity index (χ4v) is 7.38. The monoisotopic (exact) mass is 661 g/mol. The molecule has 0 fully saturated rings. The van der Waals surface area contributed by atoms with Crippen molar-refractivity contribution in [3.63, 3.8) is 0 Å². The summed E-state index contributed by atoms with van der Waals surface area (Å²) in [7, 11) is 0. The Morgan fingerprint density at radius 2 is 0.468 bits per heavy atom. The second-order valence-electron chi connectivity index (χ2n) is 15.6. The van der Waals surface area contributed by atoms with Crippen LogP contribution in [0.25, 0.3) is 0 Å². The molecule has 0 heterocycles. The van der Waals surface area contributed by atoms with E-state index < -0.39 is 0 Å². The number of hydrogen-bond donors (Lipinski definition) is 2. The van der Waals surface area contributed by atoms with E-state index in [0.717, 1.165) is 18.5 Å². The lowest BCUT2D eigenvalue weighted by Gasteiger charge is -2.11. The van der Waals surface area contributed by atoms with Crippen LogP contribution in [0.4, 0.5) is 0 Å². The summed E-state index contributed by atoms with van der Waals surface area (Å²) in [4.78, 5) is 0. The van der Waals surface area contributed by atoms with E-state index in [1.807, 2.05) is 0 Å². The standard InChI is InChI=1S/C45H92N2/c1-3-5-7-9-11-13-15-17-19-21-23-24-25-27-29-31-33-35-37-39-41-44(43-46)45(47)42-40-38-36-34-32-30-28-26-22-20-18-16-14-12-10-8-6-4-2/h3-43,46-47H2,1-2H3. The fourth-order valence-electron chi connectivity index (χ4n) is 7.38. The zero-order chi connectivity index (χ0) is 34.1. The first-order valence-electron chi connectivity index (χ1n) is 22.4. The summed E-state index contributed by atoms with van der Waals surface area (Å²) in [5, 5.41) is 0. The van der Waals surface area contributed by atoms with Crippen molar-refractivity contribution in [2.75, 3.05) is 6.54 Å². The maximum absolute atomic E-state index is 6.48. The average molecular weight is 661 g/mol. The maximum atomic E-state index is 6.48. The minimum atomic E-state index is 0.657. The summed E-state index contributed by atoms with van der Waals surface area (Å²) in [6.07, 6.45) is 56.5. The van der Waals surface area contributed by atoms with Gasteiger partial charge in [0.1, 0.15) is 0 Å². The predicted octanol–water partition coefficient (Wildman–Crippen LogP) is 15.8. The molecule has 0 spiro atoms. The van der Waals surface area contributed by atoms with Gasteiger partial charge in [-0.25, -0.2) is 0 Å². The summed E-state index contributed by atoms with van der Waals surface area (Å²) >= 11 is 0. The normalized spacial score (nSPS) is 12.2. The molecule has 0 radical (unpaired) electrons. The highest BCUT2D eigenvalue weighted by Crippen LogP contribution is 2.19. The molecule has 2 nitrogen and oxygen atoms in total. The third-order valence-electron chi connectivity index (χ3n) is 10.8. The molecule has 47 heavy (non-hydrogen) atoms. The second-order valence-corrected chi connectivity index (χ2v) is 15.6. The van der Waals surface area contributed by atoms with Gasteiger partial charge < -0.3 is 11.5 Å². The molecule has 0 unspecified atom stereocenters. The summed E-state index contributed by atoms with van der Waals surface area (Å²) in [5.74, 6) is 0. The third-order valence-corrected chi connectivity index (χ3v) is 10.8. The van der Waals surface area contributed by atoms with Gasteiger partial charge in [-0.3, -0.25) is 0 Å². The lowest BCUT2D eigenvalue weighted by molar-refractivity contribution is 0.521. The average Bonchev–Trinajstić information content (AvgIpc) is 3.08. The van der Waals surface area contributed by atoms with Crippen molar-refractivity contribution in [2.24, 2.45) is 11.5 Å². The van der Waals surface area contributed by atoms with Crippen molar-refractivity contribution in [1.29, 1.82) is 0 Å². The van der Waals surface area contributed by atoms with Crippen molar-refractivity contribution in [1.82, 2.24) is 0 Å². The molecule has 0 aliphatic carbocycles. The van der Waals surface area contributed by atoms with Gasteiger partial charge in [0, 0.05) is 12.2 Å². The summed E-state index contributed by atoms with van der Waals surface area (Å²) in [6, 6.07) is 0. The van der Waals surface area contributed by atoms with Gasteiger partial charge in [-0.15, -0.1) is 0 Å². The van der Waals surface area contributed by atoms with Crippen LogP contribution in [-0.4, -0.2) is 6.54 Å². The minimum absolute atomic E-state index is 0.657. The smallest absolute Gasteiger partial charge is 0.0156 e. The molecule has 0 amide bonds. The molecule has 0 aliphatic rings. The third kappa shape index (κ3) is 38.2. The first kappa shape index (κ1) is 46.5. The molecule has 0 aromatic carbocycles. The number of unbranched alkanes of at least 4 members (excludes halogenated alkanes) is 36. The Labute approximate surface area is 299 Å². The zero-order valence-electron chi connectivity index (χ0n) is 33.1. The van der Waals surface area contributed by atoms with Crippen LogP contribution in [0.3, 0.4) is 0 Å². The molecule has 0 rings (SSSR count). The van der Waals surface area contributed by atoms with E-state index in [0.29, 0.717) is 6.54 Å². The molecule has 4 N–H and O–H groups in total. The van der Waals surface area contributed by atoms with Gasteiger partial charge in [-0.05, 0) is 31.3 Å². The van der Waals surface area contributed by atoms with Crippen LogP contribution in [0.5, 0.6) is 0 Å². The first-order valence-corrected chi connectivity index (χ1v) is 22.4. The molecule has 0 aliphatic heterocycles. The van der Waals surface area contributed by atoms with Gasteiger partial charge in [-0.1, -0.05) is 245 Å². The van der Waals surface area contributed by atoms with Crippen LogP contribution in [-0.2, 0) is 0 Å². The van der Waals surface area contributed by atoms with Crippen molar-refractivity contribution in [2.45, 2.75) is 271 Å². The van der Waals surface area contributed by atoms with Crippen LogP contribution in [0, 0.1) is 0 Å². The second kappa shape index (κ2) is 41.7. The number of hydrogen-bond acceptors (Lipinski definition) is 2. The van der Waals surface area contributed by atoms with Crippen molar-refractivity contribution < 1.29 is 0 Å². The summed E-state index contributed by atoms with van der Waals surface area (Å²) < 4.78 is 0. The van der Waals surface area contributed by atoms with Gasteiger partial charge in [0.25, 0.3) is 0 Å². The molecule has 0 saturated carbocycles. The molecular weight excluding hydrogens is 569 g/mol. The van der Waals surface area contributed by atoms with Gasteiger partial charge in [-0.2, -0.15) is 0 Å². The molecular formula is C45H92N2. The Morgan fingerprint density at radius 1 is 0.277 bits per heavy atom.